The highest BCUT2D eigenvalue weighted by Gasteiger charge is 2.19. The Labute approximate surface area is 169 Å². The van der Waals surface area contributed by atoms with E-state index >= 15 is 0 Å². The molecule has 4 rings (SSSR count). The molecule has 2 atom stereocenters. The third-order valence-electron chi connectivity index (χ3n) is 5.82. The van der Waals surface area contributed by atoms with E-state index in [0.717, 1.165) is 54.3 Å². The van der Waals surface area contributed by atoms with Gasteiger partial charge in [-0.2, -0.15) is 0 Å². The van der Waals surface area contributed by atoms with Gasteiger partial charge in [0.25, 0.3) is 5.91 Å². The summed E-state index contributed by atoms with van der Waals surface area (Å²) in [6.45, 7) is 1.38. The first-order valence-electron chi connectivity index (χ1n) is 10.2. The van der Waals surface area contributed by atoms with Crippen LogP contribution in [0.25, 0.3) is 22.0 Å². The number of hydrogen-bond donors (Lipinski definition) is 3. The second kappa shape index (κ2) is 8.35. The van der Waals surface area contributed by atoms with Gasteiger partial charge >= 0.3 is 0 Å². The Hall–Kier alpha value is -2.70. The third-order valence-corrected chi connectivity index (χ3v) is 5.82. The van der Waals surface area contributed by atoms with Crippen molar-refractivity contribution in [1.29, 1.82) is 0 Å². The lowest BCUT2D eigenvalue weighted by molar-refractivity contribution is 0.0992. The summed E-state index contributed by atoms with van der Waals surface area (Å²) in [5.74, 6) is -0.702. The van der Waals surface area contributed by atoms with Crippen LogP contribution < -0.4 is 16.8 Å². The largest absolute Gasteiger partial charge is 0.364 e. The fourth-order valence-electron chi connectivity index (χ4n) is 4.31. The van der Waals surface area contributed by atoms with E-state index in [1.807, 2.05) is 28.8 Å². The molecule has 2 aromatic carbocycles. The monoisotopic (exact) mass is 394 g/mol. The third kappa shape index (κ3) is 4.33. The maximum atomic E-state index is 13.3. The van der Waals surface area contributed by atoms with E-state index < -0.39 is 5.91 Å². The van der Waals surface area contributed by atoms with E-state index in [9.17, 15) is 9.18 Å². The molecule has 0 saturated heterocycles. The second-order valence-corrected chi connectivity index (χ2v) is 7.90. The van der Waals surface area contributed by atoms with Gasteiger partial charge in [0, 0.05) is 36.1 Å². The summed E-state index contributed by atoms with van der Waals surface area (Å²) in [6.07, 6.45) is 4.37. The maximum absolute atomic E-state index is 13.3. The van der Waals surface area contributed by atoms with Crippen LogP contribution in [0.4, 0.5) is 4.39 Å². The van der Waals surface area contributed by atoms with Crippen molar-refractivity contribution in [3.05, 3.63) is 60.0 Å². The predicted molar refractivity (Wildman–Crippen MR) is 114 cm³/mol. The van der Waals surface area contributed by atoms with Crippen molar-refractivity contribution >= 4 is 16.8 Å². The Balaban J connectivity index is 1.59. The van der Waals surface area contributed by atoms with Crippen LogP contribution in [0.5, 0.6) is 0 Å². The first-order chi connectivity index (χ1) is 14.0. The first-order valence-corrected chi connectivity index (χ1v) is 10.2. The number of fused-ring (bicyclic) bond motifs is 1. The van der Waals surface area contributed by atoms with Gasteiger partial charge < -0.3 is 21.4 Å². The van der Waals surface area contributed by atoms with Crippen LogP contribution in [0.3, 0.4) is 0 Å². The number of nitrogens with zero attached hydrogens (tertiary/aromatic N) is 1. The number of amides is 1. The summed E-state index contributed by atoms with van der Waals surface area (Å²) in [5.41, 5.74) is 15.1. The number of nitrogens with two attached hydrogens (primary N) is 2. The summed E-state index contributed by atoms with van der Waals surface area (Å²) in [6, 6.07) is 14.9. The number of aromatic nitrogens is 1. The smallest absolute Gasteiger partial charge is 0.265 e. The van der Waals surface area contributed by atoms with E-state index in [4.69, 9.17) is 11.5 Å². The van der Waals surface area contributed by atoms with E-state index in [1.165, 1.54) is 12.1 Å². The molecule has 1 aliphatic carbocycles. The lowest BCUT2D eigenvalue weighted by atomic mass is 9.92. The Kier molecular flexibility index (Phi) is 5.65. The van der Waals surface area contributed by atoms with Crippen LogP contribution in [0.15, 0.2) is 48.5 Å². The number of primary amides is 1. The summed E-state index contributed by atoms with van der Waals surface area (Å²) in [7, 11) is 0. The SMILES string of the molecule is NC(=O)c1cc2ccc(-c3ccc(F)cc3)cc2n1CCNC1CCCC(N)C1. The number of benzene rings is 2. The molecule has 6 heteroatoms. The minimum atomic E-state index is -0.441. The molecule has 2 unspecified atom stereocenters. The van der Waals surface area contributed by atoms with Gasteiger partial charge in [0.15, 0.2) is 0 Å². The Morgan fingerprint density at radius 3 is 2.59 bits per heavy atom. The molecular weight excluding hydrogens is 367 g/mol. The van der Waals surface area contributed by atoms with Crippen molar-refractivity contribution in [3.8, 4) is 11.1 Å². The number of hydrogen-bond acceptors (Lipinski definition) is 3. The van der Waals surface area contributed by atoms with Gasteiger partial charge in [-0.1, -0.05) is 30.7 Å². The minimum Gasteiger partial charge on any atom is -0.364 e. The Bertz CT molecular complexity index is 1010. The molecule has 0 radical (unpaired) electrons. The molecule has 1 amide bonds. The quantitative estimate of drug-likeness (QED) is 0.599. The van der Waals surface area contributed by atoms with Crippen LogP contribution in [0.1, 0.15) is 36.2 Å². The zero-order chi connectivity index (χ0) is 20.4. The maximum Gasteiger partial charge on any atom is 0.265 e. The van der Waals surface area contributed by atoms with Crippen molar-refractivity contribution in [3.63, 3.8) is 0 Å². The number of carbonyl (C=O) groups is 1. The van der Waals surface area contributed by atoms with Gasteiger partial charge in [-0.15, -0.1) is 0 Å². The van der Waals surface area contributed by atoms with Crippen molar-refractivity contribution in [1.82, 2.24) is 9.88 Å². The van der Waals surface area contributed by atoms with E-state index in [2.05, 4.69) is 5.32 Å². The van der Waals surface area contributed by atoms with Crippen molar-refractivity contribution < 1.29 is 9.18 Å². The summed E-state index contributed by atoms with van der Waals surface area (Å²) in [5, 5.41) is 4.54. The van der Waals surface area contributed by atoms with Crippen molar-refractivity contribution in [2.45, 2.75) is 44.3 Å². The molecule has 5 nitrogen and oxygen atoms in total. The zero-order valence-electron chi connectivity index (χ0n) is 16.4. The second-order valence-electron chi connectivity index (χ2n) is 7.90. The summed E-state index contributed by atoms with van der Waals surface area (Å²) < 4.78 is 15.2. The molecule has 1 fully saturated rings. The van der Waals surface area contributed by atoms with E-state index in [-0.39, 0.29) is 11.9 Å². The number of rotatable bonds is 6. The predicted octanol–water partition coefficient (Wildman–Crippen LogP) is 3.41. The fourth-order valence-corrected chi connectivity index (χ4v) is 4.31. The highest BCUT2D eigenvalue weighted by atomic mass is 19.1. The average Bonchev–Trinajstić information content (AvgIpc) is 3.07. The van der Waals surface area contributed by atoms with Crippen LogP contribution in [0, 0.1) is 5.82 Å². The van der Waals surface area contributed by atoms with Gasteiger partial charge in [-0.05, 0) is 54.7 Å². The Morgan fingerprint density at radius 2 is 1.86 bits per heavy atom. The molecule has 3 aromatic rings. The number of carbonyl (C=O) groups excluding carboxylic acids is 1. The minimum absolute atomic E-state index is 0.261. The lowest BCUT2D eigenvalue weighted by Crippen LogP contribution is -2.40. The van der Waals surface area contributed by atoms with Crippen LogP contribution in [0.2, 0.25) is 0 Å². The van der Waals surface area contributed by atoms with Gasteiger partial charge in [-0.3, -0.25) is 4.79 Å². The molecule has 0 bridgehead atoms. The highest BCUT2D eigenvalue weighted by Crippen LogP contribution is 2.27. The summed E-state index contributed by atoms with van der Waals surface area (Å²) >= 11 is 0. The lowest BCUT2D eigenvalue weighted by Gasteiger charge is -2.27. The van der Waals surface area contributed by atoms with E-state index in [0.29, 0.717) is 18.3 Å². The number of halogens is 1. The molecule has 1 saturated carbocycles. The van der Waals surface area contributed by atoms with Crippen molar-refractivity contribution in [2.75, 3.05) is 6.54 Å². The molecule has 0 aliphatic heterocycles. The van der Waals surface area contributed by atoms with Crippen LogP contribution >= 0.6 is 0 Å². The van der Waals surface area contributed by atoms with Gasteiger partial charge in [0.2, 0.25) is 0 Å². The molecule has 1 heterocycles. The topological polar surface area (TPSA) is 86.1 Å². The molecule has 1 aromatic heterocycles. The van der Waals surface area contributed by atoms with Gasteiger partial charge in [0.05, 0.1) is 0 Å². The molecule has 29 heavy (non-hydrogen) atoms. The highest BCUT2D eigenvalue weighted by molar-refractivity contribution is 5.98. The Morgan fingerprint density at radius 1 is 1.10 bits per heavy atom. The molecule has 0 spiro atoms. The van der Waals surface area contributed by atoms with Gasteiger partial charge in [-0.25, -0.2) is 4.39 Å². The molecule has 152 valence electrons. The van der Waals surface area contributed by atoms with Crippen LogP contribution in [-0.2, 0) is 6.54 Å². The standard InChI is InChI=1S/C23H27FN4O/c24-18-8-6-15(7-9-18)16-4-5-17-13-22(23(26)29)28(21(17)12-16)11-10-27-20-3-1-2-19(25)14-20/h4-9,12-13,19-20,27H,1-3,10-11,14,25H2,(H2,26,29). The van der Waals surface area contributed by atoms with Crippen molar-refractivity contribution in [2.24, 2.45) is 11.5 Å². The normalized spacial score (nSPS) is 19.5. The van der Waals surface area contributed by atoms with E-state index in [1.54, 1.807) is 12.1 Å². The molecular formula is C23H27FN4O. The van der Waals surface area contributed by atoms with Gasteiger partial charge in [0.1, 0.15) is 11.5 Å². The average molecular weight is 394 g/mol. The zero-order valence-corrected chi connectivity index (χ0v) is 16.4. The molecule has 1 aliphatic rings. The van der Waals surface area contributed by atoms with Crippen LogP contribution in [-0.4, -0.2) is 29.1 Å². The fraction of sp³-hybridized carbons (Fsp3) is 0.348. The first kappa shape index (κ1) is 19.6. The molecule has 5 N–H and O–H groups in total. The summed E-state index contributed by atoms with van der Waals surface area (Å²) in [4.78, 5) is 12.0. The number of nitrogens with one attached hydrogen (secondary N) is 1.